The van der Waals surface area contributed by atoms with Crippen molar-refractivity contribution >= 4 is 27.5 Å². The molecule has 2 aromatic carbocycles. The third-order valence-electron chi connectivity index (χ3n) is 5.33. The van der Waals surface area contributed by atoms with Crippen molar-refractivity contribution in [3.05, 3.63) is 59.7 Å². The standard InChI is InChI=1S/C24H33N3O5S/c1-5-22(6-2)27(15-16-32-4)24(29)20-9-7-19(8-10-20)17-25-33(30,31)23-13-11-21(12-14-23)26-18(3)28/h7-14,22,25H,5-6,15-17H2,1-4H3,(H,26,28). The molecule has 0 spiro atoms. The largest absolute Gasteiger partial charge is 0.383 e. The number of anilines is 1. The second-order valence-electron chi connectivity index (χ2n) is 7.69. The molecule has 9 heteroatoms. The molecule has 33 heavy (non-hydrogen) atoms. The first-order valence-corrected chi connectivity index (χ1v) is 12.5. The Morgan fingerprint density at radius 2 is 1.61 bits per heavy atom. The molecule has 2 aromatic rings. The zero-order valence-corrected chi connectivity index (χ0v) is 20.4. The lowest BCUT2D eigenvalue weighted by atomic mass is 10.1. The lowest BCUT2D eigenvalue weighted by molar-refractivity contribution is -0.114. The highest BCUT2D eigenvalue weighted by atomic mass is 32.2. The summed E-state index contributed by atoms with van der Waals surface area (Å²) in [5.74, 6) is -0.292. The number of nitrogens with zero attached hydrogens (tertiary/aromatic N) is 1. The normalized spacial score (nSPS) is 11.4. The molecule has 0 saturated carbocycles. The zero-order chi connectivity index (χ0) is 24.4. The fourth-order valence-corrected chi connectivity index (χ4v) is 4.50. The van der Waals surface area contributed by atoms with Crippen LogP contribution in [0.5, 0.6) is 0 Å². The van der Waals surface area contributed by atoms with Crippen molar-refractivity contribution in [2.75, 3.05) is 25.6 Å². The smallest absolute Gasteiger partial charge is 0.254 e. The maximum atomic E-state index is 13.1. The topological polar surface area (TPSA) is 105 Å². The summed E-state index contributed by atoms with van der Waals surface area (Å²) in [6.45, 7) is 6.57. The number of rotatable bonds is 12. The molecule has 0 unspecified atom stereocenters. The van der Waals surface area contributed by atoms with Gasteiger partial charge in [-0.3, -0.25) is 9.59 Å². The third kappa shape index (κ3) is 7.66. The fourth-order valence-electron chi connectivity index (χ4n) is 3.48. The maximum absolute atomic E-state index is 13.1. The van der Waals surface area contributed by atoms with Gasteiger partial charge in [-0.2, -0.15) is 0 Å². The van der Waals surface area contributed by atoms with Gasteiger partial charge in [-0.25, -0.2) is 13.1 Å². The molecular formula is C24H33N3O5S. The van der Waals surface area contributed by atoms with Crippen LogP contribution in [0.2, 0.25) is 0 Å². The van der Waals surface area contributed by atoms with Crippen molar-refractivity contribution < 1.29 is 22.7 Å². The van der Waals surface area contributed by atoms with Crippen LogP contribution in [0.3, 0.4) is 0 Å². The van der Waals surface area contributed by atoms with Gasteiger partial charge in [-0.1, -0.05) is 26.0 Å². The van der Waals surface area contributed by atoms with Crippen molar-refractivity contribution in [1.82, 2.24) is 9.62 Å². The lowest BCUT2D eigenvalue weighted by Crippen LogP contribution is -2.41. The van der Waals surface area contributed by atoms with Crippen LogP contribution in [0.4, 0.5) is 5.69 Å². The van der Waals surface area contributed by atoms with E-state index in [1.165, 1.54) is 31.2 Å². The first-order chi connectivity index (χ1) is 15.7. The van der Waals surface area contributed by atoms with E-state index < -0.39 is 10.0 Å². The Hall–Kier alpha value is -2.75. The van der Waals surface area contributed by atoms with E-state index in [0.29, 0.717) is 24.4 Å². The van der Waals surface area contributed by atoms with Crippen LogP contribution < -0.4 is 10.0 Å². The highest BCUT2D eigenvalue weighted by molar-refractivity contribution is 7.89. The van der Waals surface area contributed by atoms with Gasteiger partial charge in [0.1, 0.15) is 0 Å². The van der Waals surface area contributed by atoms with Crippen molar-refractivity contribution in [2.45, 2.75) is 51.1 Å². The summed E-state index contributed by atoms with van der Waals surface area (Å²) >= 11 is 0. The maximum Gasteiger partial charge on any atom is 0.254 e. The molecule has 0 aliphatic carbocycles. The van der Waals surface area contributed by atoms with E-state index in [9.17, 15) is 18.0 Å². The molecule has 0 heterocycles. The minimum atomic E-state index is -3.72. The van der Waals surface area contributed by atoms with Crippen LogP contribution in [-0.4, -0.2) is 51.4 Å². The Kier molecular flexibility index (Phi) is 10.0. The number of hydrogen-bond acceptors (Lipinski definition) is 5. The summed E-state index contributed by atoms with van der Waals surface area (Å²) < 4.78 is 32.9. The molecular weight excluding hydrogens is 442 g/mol. The fraction of sp³-hybridized carbons (Fsp3) is 0.417. The molecule has 2 amide bonds. The van der Waals surface area contributed by atoms with E-state index in [0.717, 1.165) is 18.4 Å². The zero-order valence-electron chi connectivity index (χ0n) is 19.6. The Morgan fingerprint density at radius 1 is 1.00 bits per heavy atom. The second kappa shape index (κ2) is 12.5. The van der Waals surface area contributed by atoms with Gasteiger partial charge in [-0.15, -0.1) is 0 Å². The van der Waals surface area contributed by atoms with Crippen LogP contribution >= 0.6 is 0 Å². The number of ether oxygens (including phenoxy) is 1. The summed E-state index contributed by atoms with van der Waals surface area (Å²) in [5.41, 5.74) is 1.81. The van der Waals surface area contributed by atoms with Crippen molar-refractivity contribution in [2.24, 2.45) is 0 Å². The van der Waals surface area contributed by atoms with E-state index in [1.54, 1.807) is 31.4 Å². The van der Waals surface area contributed by atoms with Crippen molar-refractivity contribution in [3.63, 3.8) is 0 Å². The third-order valence-corrected chi connectivity index (χ3v) is 6.75. The van der Waals surface area contributed by atoms with E-state index in [1.807, 2.05) is 4.90 Å². The number of hydrogen-bond donors (Lipinski definition) is 2. The van der Waals surface area contributed by atoms with Crippen LogP contribution in [0.15, 0.2) is 53.4 Å². The molecule has 0 aliphatic rings. The predicted octanol–water partition coefficient (Wildman–Crippen LogP) is 3.40. The van der Waals surface area contributed by atoms with E-state index in [2.05, 4.69) is 23.9 Å². The molecule has 0 fully saturated rings. The molecule has 2 N–H and O–H groups in total. The molecule has 0 aliphatic heterocycles. The van der Waals surface area contributed by atoms with Gasteiger partial charge < -0.3 is 15.0 Å². The monoisotopic (exact) mass is 475 g/mol. The van der Waals surface area contributed by atoms with Gasteiger partial charge in [0.15, 0.2) is 0 Å². The first kappa shape index (κ1) is 26.5. The number of benzene rings is 2. The molecule has 0 saturated heterocycles. The number of amides is 2. The predicted molar refractivity (Wildman–Crippen MR) is 128 cm³/mol. The Balaban J connectivity index is 2.05. The van der Waals surface area contributed by atoms with E-state index in [-0.39, 0.29) is 29.3 Å². The Bertz CT molecular complexity index is 1020. The molecule has 0 bridgehead atoms. The summed E-state index contributed by atoms with van der Waals surface area (Å²) in [7, 11) is -2.11. The molecule has 180 valence electrons. The van der Waals surface area contributed by atoms with Gasteiger partial charge in [0.25, 0.3) is 5.91 Å². The summed E-state index contributed by atoms with van der Waals surface area (Å²) in [6, 6.07) is 13.0. The van der Waals surface area contributed by atoms with E-state index in [4.69, 9.17) is 4.74 Å². The number of carbonyl (C=O) groups is 2. The minimum Gasteiger partial charge on any atom is -0.383 e. The number of carbonyl (C=O) groups excluding carboxylic acids is 2. The van der Waals surface area contributed by atoms with Gasteiger partial charge in [0.2, 0.25) is 15.9 Å². The SMILES string of the molecule is CCC(CC)N(CCOC)C(=O)c1ccc(CNS(=O)(=O)c2ccc(NC(C)=O)cc2)cc1. The van der Waals surface area contributed by atoms with Crippen LogP contribution in [0.25, 0.3) is 0 Å². The Labute approximate surface area is 196 Å². The van der Waals surface area contributed by atoms with Gasteiger partial charge >= 0.3 is 0 Å². The molecule has 0 radical (unpaired) electrons. The van der Waals surface area contributed by atoms with Crippen LogP contribution in [0, 0.1) is 0 Å². The molecule has 8 nitrogen and oxygen atoms in total. The summed E-state index contributed by atoms with van der Waals surface area (Å²) in [4.78, 5) is 26.1. The summed E-state index contributed by atoms with van der Waals surface area (Å²) in [6.07, 6.45) is 1.72. The number of methoxy groups -OCH3 is 1. The first-order valence-electron chi connectivity index (χ1n) is 11.0. The highest BCUT2D eigenvalue weighted by Crippen LogP contribution is 2.16. The lowest BCUT2D eigenvalue weighted by Gasteiger charge is -2.30. The minimum absolute atomic E-state index is 0.0628. The number of nitrogens with one attached hydrogen (secondary N) is 2. The average molecular weight is 476 g/mol. The average Bonchev–Trinajstić information content (AvgIpc) is 2.80. The quantitative estimate of drug-likeness (QED) is 0.490. The molecule has 0 atom stereocenters. The summed E-state index contributed by atoms with van der Waals surface area (Å²) in [5, 5.41) is 2.60. The van der Waals surface area contributed by atoms with E-state index >= 15 is 0 Å². The van der Waals surface area contributed by atoms with Crippen LogP contribution in [0.1, 0.15) is 49.5 Å². The van der Waals surface area contributed by atoms with Crippen LogP contribution in [-0.2, 0) is 26.1 Å². The Morgan fingerprint density at radius 3 is 2.12 bits per heavy atom. The van der Waals surface area contributed by atoms with Gasteiger partial charge in [0, 0.05) is 44.4 Å². The van der Waals surface area contributed by atoms with Crippen molar-refractivity contribution in [3.8, 4) is 0 Å². The molecule has 0 aromatic heterocycles. The van der Waals surface area contributed by atoms with Gasteiger partial charge in [0.05, 0.1) is 11.5 Å². The van der Waals surface area contributed by atoms with Crippen molar-refractivity contribution in [1.29, 1.82) is 0 Å². The second-order valence-corrected chi connectivity index (χ2v) is 9.46. The highest BCUT2D eigenvalue weighted by Gasteiger charge is 2.22. The number of sulfonamides is 1. The van der Waals surface area contributed by atoms with Gasteiger partial charge in [-0.05, 0) is 54.8 Å². The molecule has 2 rings (SSSR count).